The van der Waals surface area contributed by atoms with Gasteiger partial charge in [0.05, 0.1) is 20.2 Å². The summed E-state index contributed by atoms with van der Waals surface area (Å²) in [5, 5.41) is 0. The van der Waals surface area contributed by atoms with Gasteiger partial charge in [-0.2, -0.15) is 0 Å². The Morgan fingerprint density at radius 3 is 2.54 bits per heavy atom. The van der Waals surface area contributed by atoms with Crippen LogP contribution >= 0.6 is 0 Å². The molecule has 4 rings (SSSR count). The van der Waals surface area contributed by atoms with E-state index in [4.69, 9.17) is 10.5 Å². The molecular weight excluding hydrogens is 484 g/mol. The number of alkyl halides is 2. The molecule has 1 saturated heterocycles. The number of benzene rings is 2. The van der Waals surface area contributed by atoms with Crippen molar-refractivity contribution in [3.8, 4) is 5.75 Å². The average molecular weight is 516 g/mol. The van der Waals surface area contributed by atoms with Crippen LogP contribution in [-0.4, -0.2) is 59.7 Å². The minimum Gasteiger partial charge on any atom is -0.489 e. The number of esters is 1. The third kappa shape index (κ3) is 6.43. The number of halogens is 2. The third-order valence-electron chi connectivity index (χ3n) is 6.80. The molecule has 10 heteroatoms. The van der Waals surface area contributed by atoms with Gasteiger partial charge in [-0.3, -0.25) is 19.3 Å². The van der Waals surface area contributed by atoms with Crippen molar-refractivity contribution in [1.82, 2.24) is 9.80 Å². The van der Waals surface area contributed by atoms with Crippen LogP contribution in [0.3, 0.4) is 0 Å². The molecule has 0 aliphatic carbocycles. The van der Waals surface area contributed by atoms with Gasteiger partial charge < -0.3 is 20.1 Å². The van der Waals surface area contributed by atoms with E-state index in [1.807, 2.05) is 24.3 Å². The first-order valence-electron chi connectivity index (χ1n) is 12.3. The van der Waals surface area contributed by atoms with Crippen LogP contribution in [0.25, 0.3) is 0 Å². The molecule has 2 heterocycles. The number of fused-ring (bicyclic) bond motifs is 1. The van der Waals surface area contributed by atoms with Crippen molar-refractivity contribution in [2.24, 2.45) is 5.73 Å². The lowest BCUT2D eigenvalue weighted by Gasteiger charge is -2.32. The van der Waals surface area contributed by atoms with Crippen LogP contribution in [0.5, 0.6) is 5.75 Å². The van der Waals surface area contributed by atoms with Gasteiger partial charge >= 0.3 is 5.97 Å². The first kappa shape index (κ1) is 26.5. The summed E-state index contributed by atoms with van der Waals surface area (Å²) >= 11 is 0. The fourth-order valence-electron chi connectivity index (χ4n) is 4.86. The van der Waals surface area contributed by atoms with Crippen LogP contribution < -0.4 is 10.5 Å². The number of amides is 2. The Balaban J connectivity index is 1.39. The summed E-state index contributed by atoms with van der Waals surface area (Å²) in [5.74, 6) is -3.64. The van der Waals surface area contributed by atoms with E-state index >= 15 is 0 Å². The Morgan fingerprint density at radius 2 is 1.86 bits per heavy atom. The highest BCUT2D eigenvalue weighted by molar-refractivity contribution is 6.01. The molecule has 0 saturated carbocycles. The highest BCUT2D eigenvalue weighted by atomic mass is 19.3. The molecule has 0 radical (unpaired) electrons. The molecule has 1 fully saturated rings. The van der Waals surface area contributed by atoms with Crippen molar-refractivity contribution in [3.05, 3.63) is 64.7 Å². The van der Waals surface area contributed by atoms with Gasteiger partial charge in [0.15, 0.2) is 0 Å². The molecule has 0 bridgehead atoms. The van der Waals surface area contributed by atoms with Crippen molar-refractivity contribution in [1.29, 1.82) is 0 Å². The van der Waals surface area contributed by atoms with Crippen LogP contribution in [0.4, 0.5) is 8.78 Å². The molecule has 0 spiro atoms. The Bertz CT molecular complexity index is 1160. The number of hydrogen-bond acceptors (Lipinski definition) is 6. The van der Waals surface area contributed by atoms with Gasteiger partial charge in [0, 0.05) is 30.5 Å². The second-order valence-electron chi connectivity index (χ2n) is 9.52. The maximum absolute atomic E-state index is 13.7. The minimum atomic E-state index is -2.63. The molecule has 1 unspecified atom stereocenters. The molecule has 2 aromatic rings. The number of rotatable bonds is 10. The summed E-state index contributed by atoms with van der Waals surface area (Å²) < 4.78 is 38.0. The van der Waals surface area contributed by atoms with Crippen molar-refractivity contribution in [3.63, 3.8) is 0 Å². The van der Waals surface area contributed by atoms with E-state index in [2.05, 4.69) is 4.74 Å². The number of likely N-dealkylation sites (tertiary alicyclic amines) is 1. The predicted molar refractivity (Wildman–Crippen MR) is 131 cm³/mol. The van der Waals surface area contributed by atoms with Crippen molar-refractivity contribution in [2.45, 2.75) is 57.3 Å². The number of nitrogens with zero attached hydrogens (tertiary/aromatic N) is 2. The fourth-order valence-corrected chi connectivity index (χ4v) is 4.86. The zero-order chi connectivity index (χ0) is 26.6. The number of carbonyl (C=O) groups is 3. The Morgan fingerprint density at radius 1 is 1.14 bits per heavy atom. The molecule has 2 aliphatic heterocycles. The van der Waals surface area contributed by atoms with Crippen LogP contribution in [0.1, 0.15) is 52.7 Å². The standard InChI is InChI=1S/C27H31F2N3O5/c1-36-24(33)11-10-22(25(30)34)32-15-21-20(26(32)35)4-2-5-23(21)37-16-19-8-6-18(7-9-19)14-31-13-3-12-27(28,29)17-31/h2,4-9,22H,3,10-17H2,1H3,(H2,30,34). The summed E-state index contributed by atoms with van der Waals surface area (Å²) in [5.41, 5.74) is 8.46. The highest BCUT2D eigenvalue weighted by Gasteiger charge is 2.37. The van der Waals surface area contributed by atoms with Gasteiger partial charge in [0.2, 0.25) is 5.91 Å². The normalized spacial score (nSPS) is 17.8. The summed E-state index contributed by atoms with van der Waals surface area (Å²) in [6.45, 7) is 1.30. The van der Waals surface area contributed by atoms with Crippen LogP contribution in [0.15, 0.2) is 42.5 Å². The van der Waals surface area contributed by atoms with Crippen LogP contribution in [0, 0.1) is 0 Å². The Kier molecular flexibility index (Phi) is 8.06. The maximum atomic E-state index is 13.7. The fraction of sp³-hybridized carbons (Fsp3) is 0.444. The third-order valence-corrected chi connectivity index (χ3v) is 6.80. The zero-order valence-corrected chi connectivity index (χ0v) is 20.8. The second-order valence-corrected chi connectivity index (χ2v) is 9.52. The molecule has 0 aromatic heterocycles. The van der Waals surface area contributed by atoms with Gasteiger partial charge in [-0.05, 0) is 42.6 Å². The van der Waals surface area contributed by atoms with Crippen LogP contribution in [0.2, 0.25) is 0 Å². The molecule has 1 atom stereocenters. The summed E-state index contributed by atoms with van der Waals surface area (Å²) in [4.78, 5) is 39.8. The number of primary amides is 1. The van der Waals surface area contributed by atoms with E-state index in [0.29, 0.717) is 36.4 Å². The van der Waals surface area contributed by atoms with Gasteiger partial charge in [0.25, 0.3) is 11.8 Å². The number of carbonyl (C=O) groups excluding carboxylic acids is 3. The van der Waals surface area contributed by atoms with Crippen molar-refractivity contribution >= 4 is 17.8 Å². The highest BCUT2D eigenvalue weighted by Crippen LogP contribution is 2.33. The SMILES string of the molecule is COC(=O)CCC(C(N)=O)N1Cc2c(OCc3ccc(CN4CCCC(F)(F)C4)cc3)cccc2C1=O. The Hall–Kier alpha value is -3.53. The minimum absolute atomic E-state index is 0.0379. The number of methoxy groups -OCH3 is 1. The van der Waals surface area contributed by atoms with Gasteiger partial charge in [-0.1, -0.05) is 30.3 Å². The molecule has 198 valence electrons. The van der Waals surface area contributed by atoms with Crippen molar-refractivity contribution < 1.29 is 32.6 Å². The van der Waals surface area contributed by atoms with E-state index in [0.717, 1.165) is 11.1 Å². The van der Waals surface area contributed by atoms with Gasteiger partial charge in [0.1, 0.15) is 18.4 Å². The first-order chi connectivity index (χ1) is 17.7. The van der Waals surface area contributed by atoms with E-state index in [1.165, 1.54) is 12.0 Å². The first-order valence-corrected chi connectivity index (χ1v) is 12.3. The Labute approximate surface area is 214 Å². The number of hydrogen-bond donors (Lipinski definition) is 1. The molecule has 2 aliphatic rings. The molecule has 2 amide bonds. The lowest BCUT2D eigenvalue weighted by Crippen LogP contribution is -2.45. The lowest BCUT2D eigenvalue weighted by molar-refractivity contribution is -0.141. The average Bonchev–Trinajstić information content (AvgIpc) is 3.19. The molecule has 2 aromatic carbocycles. The summed E-state index contributed by atoms with van der Waals surface area (Å²) in [6, 6.07) is 11.8. The van der Waals surface area contributed by atoms with Gasteiger partial charge in [-0.25, -0.2) is 8.78 Å². The molecule has 37 heavy (non-hydrogen) atoms. The number of nitrogens with two attached hydrogens (primary N) is 1. The van der Waals surface area contributed by atoms with E-state index < -0.39 is 23.8 Å². The summed E-state index contributed by atoms with van der Waals surface area (Å²) in [6.07, 6.45) is 0.470. The topological polar surface area (TPSA) is 102 Å². The zero-order valence-electron chi connectivity index (χ0n) is 20.8. The van der Waals surface area contributed by atoms with Crippen molar-refractivity contribution in [2.75, 3.05) is 20.2 Å². The molecule has 8 nitrogen and oxygen atoms in total. The number of piperidine rings is 1. The maximum Gasteiger partial charge on any atom is 0.305 e. The van der Waals surface area contributed by atoms with E-state index in [1.54, 1.807) is 23.1 Å². The van der Waals surface area contributed by atoms with Crippen LogP contribution in [-0.2, 0) is 34.0 Å². The smallest absolute Gasteiger partial charge is 0.305 e. The largest absolute Gasteiger partial charge is 0.489 e. The van der Waals surface area contributed by atoms with E-state index in [-0.39, 0.29) is 44.9 Å². The lowest BCUT2D eigenvalue weighted by atomic mass is 10.1. The quantitative estimate of drug-likeness (QED) is 0.488. The molecule has 2 N–H and O–H groups in total. The number of ether oxygens (including phenoxy) is 2. The monoisotopic (exact) mass is 515 g/mol. The second kappa shape index (κ2) is 11.2. The van der Waals surface area contributed by atoms with Gasteiger partial charge in [-0.15, -0.1) is 0 Å². The van der Waals surface area contributed by atoms with E-state index in [9.17, 15) is 23.2 Å². The molecular formula is C27H31F2N3O5. The predicted octanol–water partition coefficient (Wildman–Crippen LogP) is 3.26. The summed E-state index contributed by atoms with van der Waals surface area (Å²) in [7, 11) is 1.26.